The number of benzene rings is 1. The van der Waals surface area contributed by atoms with Crippen LogP contribution in [0.25, 0.3) is 11.3 Å². The van der Waals surface area contributed by atoms with Gasteiger partial charge in [-0.25, -0.2) is 4.98 Å². The summed E-state index contributed by atoms with van der Waals surface area (Å²) in [6.45, 7) is 10.3. The van der Waals surface area contributed by atoms with Gasteiger partial charge in [0.1, 0.15) is 17.2 Å². The Morgan fingerprint density at radius 3 is 2.81 bits per heavy atom. The van der Waals surface area contributed by atoms with Crippen molar-refractivity contribution in [2.45, 2.75) is 39.8 Å². The highest BCUT2D eigenvalue weighted by Crippen LogP contribution is 2.43. The number of aromatic amines is 1. The van der Waals surface area contributed by atoms with Crippen molar-refractivity contribution in [2.75, 3.05) is 6.54 Å². The van der Waals surface area contributed by atoms with Gasteiger partial charge in [-0.3, -0.25) is 0 Å². The molecule has 0 amide bonds. The van der Waals surface area contributed by atoms with Gasteiger partial charge in [0.15, 0.2) is 0 Å². The zero-order chi connectivity index (χ0) is 15.0. The fourth-order valence-electron chi connectivity index (χ4n) is 2.69. The van der Waals surface area contributed by atoms with E-state index in [0.717, 1.165) is 41.6 Å². The molecule has 1 aromatic heterocycles. The highest BCUT2D eigenvalue weighted by Gasteiger charge is 2.35. The van der Waals surface area contributed by atoms with Crippen molar-refractivity contribution in [3.8, 4) is 17.0 Å². The molecule has 1 aliphatic heterocycles. The van der Waals surface area contributed by atoms with E-state index in [9.17, 15) is 0 Å². The van der Waals surface area contributed by atoms with Crippen molar-refractivity contribution in [2.24, 2.45) is 5.92 Å². The lowest BCUT2D eigenvalue weighted by Gasteiger charge is -2.31. The minimum atomic E-state index is -0.382. The smallest absolute Gasteiger partial charge is 0.145 e. The summed E-state index contributed by atoms with van der Waals surface area (Å²) in [5.41, 5.74) is 2.76. The first kappa shape index (κ1) is 14.1. The van der Waals surface area contributed by atoms with Gasteiger partial charge in [-0.05, 0) is 38.4 Å². The van der Waals surface area contributed by atoms with Crippen molar-refractivity contribution < 1.29 is 4.74 Å². The van der Waals surface area contributed by atoms with Gasteiger partial charge in [0.25, 0.3) is 0 Å². The Morgan fingerprint density at radius 1 is 1.29 bits per heavy atom. The summed E-state index contributed by atoms with van der Waals surface area (Å²) in [6, 6.07) is 8.09. The summed E-state index contributed by atoms with van der Waals surface area (Å²) < 4.78 is 6.11. The molecule has 3 rings (SSSR count). The van der Waals surface area contributed by atoms with Crippen LogP contribution in [0.3, 0.4) is 0 Å². The monoisotopic (exact) mass is 285 g/mol. The van der Waals surface area contributed by atoms with E-state index in [1.165, 1.54) is 0 Å². The van der Waals surface area contributed by atoms with E-state index in [4.69, 9.17) is 9.72 Å². The van der Waals surface area contributed by atoms with Gasteiger partial charge >= 0.3 is 0 Å². The van der Waals surface area contributed by atoms with Crippen LogP contribution in [0, 0.1) is 5.92 Å². The molecule has 0 bridgehead atoms. The maximum absolute atomic E-state index is 6.11. The van der Waals surface area contributed by atoms with E-state index in [-0.39, 0.29) is 5.60 Å². The number of nitrogens with one attached hydrogen (secondary N) is 2. The Labute approximate surface area is 125 Å². The number of fused-ring (bicyclic) bond motifs is 3. The van der Waals surface area contributed by atoms with Gasteiger partial charge in [-0.2, -0.15) is 0 Å². The standard InChI is InChI=1S/C17H23N3O/c1-11(2)9-18-10-14-19-15-12-7-5-6-8-13(12)21-17(3,4)16(15)20-14/h5-8,11,18H,9-10H2,1-4H3,(H,19,20). The predicted octanol–water partition coefficient (Wildman–Crippen LogP) is 3.45. The molecule has 0 saturated heterocycles. The molecule has 2 aromatic rings. The molecule has 0 radical (unpaired) electrons. The van der Waals surface area contributed by atoms with Crippen molar-refractivity contribution in [1.82, 2.24) is 15.3 Å². The third-order valence-electron chi connectivity index (χ3n) is 3.71. The summed E-state index contributed by atoms with van der Waals surface area (Å²) >= 11 is 0. The fourth-order valence-corrected chi connectivity index (χ4v) is 2.69. The van der Waals surface area contributed by atoms with Crippen LogP contribution in [0.4, 0.5) is 0 Å². The van der Waals surface area contributed by atoms with Crippen LogP contribution >= 0.6 is 0 Å². The third-order valence-corrected chi connectivity index (χ3v) is 3.71. The normalized spacial score (nSPS) is 15.5. The molecule has 0 fully saturated rings. The molecule has 0 atom stereocenters. The highest BCUT2D eigenvalue weighted by molar-refractivity contribution is 5.72. The molecule has 1 aromatic carbocycles. The van der Waals surface area contributed by atoms with E-state index >= 15 is 0 Å². The molecule has 112 valence electrons. The van der Waals surface area contributed by atoms with E-state index in [2.05, 4.69) is 44.1 Å². The van der Waals surface area contributed by atoms with Crippen LogP contribution in [0.15, 0.2) is 24.3 Å². The second-order valence-electron chi connectivity index (χ2n) is 6.54. The van der Waals surface area contributed by atoms with Crippen molar-refractivity contribution in [3.05, 3.63) is 35.8 Å². The number of hydrogen-bond donors (Lipinski definition) is 2. The van der Waals surface area contributed by atoms with Crippen molar-refractivity contribution >= 4 is 0 Å². The molecule has 4 heteroatoms. The van der Waals surface area contributed by atoms with Crippen molar-refractivity contribution in [1.29, 1.82) is 0 Å². The van der Waals surface area contributed by atoms with Crippen LogP contribution < -0.4 is 10.1 Å². The Kier molecular flexibility index (Phi) is 3.49. The Morgan fingerprint density at radius 2 is 2.05 bits per heavy atom. The second-order valence-corrected chi connectivity index (χ2v) is 6.54. The molecule has 0 spiro atoms. The molecule has 2 N–H and O–H groups in total. The summed E-state index contributed by atoms with van der Waals surface area (Å²) in [4.78, 5) is 8.23. The lowest BCUT2D eigenvalue weighted by molar-refractivity contribution is 0.101. The van der Waals surface area contributed by atoms with Crippen molar-refractivity contribution in [3.63, 3.8) is 0 Å². The Bertz CT molecular complexity index is 643. The first-order valence-corrected chi connectivity index (χ1v) is 7.56. The zero-order valence-corrected chi connectivity index (χ0v) is 13.2. The molecule has 1 aliphatic rings. The largest absolute Gasteiger partial charge is 0.481 e. The quantitative estimate of drug-likeness (QED) is 0.904. The van der Waals surface area contributed by atoms with Crippen LogP contribution in [-0.2, 0) is 12.1 Å². The lowest BCUT2D eigenvalue weighted by atomic mass is 9.95. The van der Waals surface area contributed by atoms with Gasteiger partial charge in [-0.1, -0.05) is 26.0 Å². The Hall–Kier alpha value is -1.81. The predicted molar refractivity (Wildman–Crippen MR) is 84.2 cm³/mol. The summed E-state index contributed by atoms with van der Waals surface area (Å²) in [5.74, 6) is 2.51. The zero-order valence-electron chi connectivity index (χ0n) is 13.2. The summed E-state index contributed by atoms with van der Waals surface area (Å²) in [5, 5.41) is 3.43. The minimum absolute atomic E-state index is 0.382. The summed E-state index contributed by atoms with van der Waals surface area (Å²) in [7, 11) is 0. The van der Waals surface area contributed by atoms with Gasteiger partial charge in [-0.15, -0.1) is 0 Å². The highest BCUT2D eigenvalue weighted by atomic mass is 16.5. The maximum atomic E-state index is 6.11. The topological polar surface area (TPSA) is 49.9 Å². The van der Waals surface area contributed by atoms with Gasteiger partial charge < -0.3 is 15.0 Å². The lowest BCUT2D eigenvalue weighted by Crippen LogP contribution is -2.29. The van der Waals surface area contributed by atoms with Crippen LogP contribution in [-0.4, -0.2) is 16.5 Å². The number of nitrogens with zero attached hydrogens (tertiary/aromatic N) is 1. The molecule has 0 saturated carbocycles. The van der Waals surface area contributed by atoms with Crippen LogP contribution in [0.2, 0.25) is 0 Å². The van der Waals surface area contributed by atoms with E-state index < -0.39 is 0 Å². The average molecular weight is 285 g/mol. The number of hydrogen-bond acceptors (Lipinski definition) is 3. The van der Waals surface area contributed by atoms with E-state index in [1.807, 2.05) is 18.2 Å². The SMILES string of the molecule is CC(C)CNCc1nc2c([nH]1)C(C)(C)Oc1ccccc1-2. The van der Waals surface area contributed by atoms with E-state index in [1.54, 1.807) is 0 Å². The average Bonchev–Trinajstić information content (AvgIpc) is 2.83. The number of ether oxygens (including phenoxy) is 1. The first-order chi connectivity index (χ1) is 9.97. The molecular weight excluding hydrogens is 262 g/mol. The minimum Gasteiger partial charge on any atom is -0.481 e. The van der Waals surface area contributed by atoms with Crippen LogP contribution in [0.1, 0.15) is 39.2 Å². The second kappa shape index (κ2) is 5.19. The molecule has 0 unspecified atom stereocenters. The molecule has 2 heterocycles. The molecule has 0 aliphatic carbocycles. The fraction of sp³-hybridized carbons (Fsp3) is 0.471. The van der Waals surface area contributed by atoms with E-state index in [0.29, 0.717) is 5.92 Å². The third kappa shape index (κ3) is 2.68. The number of H-pyrrole nitrogens is 1. The summed E-state index contributed by atoms with van der Waals surface area (Å²) in [6.07, 6.45) is 0. The van der Waals surface area contributed by atoms with Crippen LogP contribution in [0.5, 0.6) is 5.75 Å². The first-order valence-electron chi connectivity index (χ1n) is 7.56. The molecule has 21 heavy (non-hydrogen) atoms. The number of rotatable bonds is 4. The molecular formula is C17H23N3O. The van der Waals surface area contributed by atoms with Gasteiger partial charge in [0.2, 0.25) is 0 Å². The Balaban J connectivity index is 1.93. The number of para-hydroxylation sites is 1. The number of aromatic nitrogens is 2. The maximum Gasteiger partial charge on any atom is 0.145 e. The molecule has 4 nitrogen and oxygen atoms in total. The van der Waals surface area contributed by atoms with Gasteiger partial charge in [0, 0.05) is 5.56 Å². The van der Waals surface area contributed by atoms with Gasteiger partial charge in [0.05, 0.1) is 17.9 Å². The number of imidazole rings is 1.